The molecule has 10 heteroatoms. The van der Waals surface area contributed by atoms with Crippen molar-refractivity contribution in [1.82, 2.24) is 19.5 Å². The van der Waals surface area contributed by atoms with E-state index in [9.17, 15) is 12.8 Å². The minimum atomic E-state index is -3.65. The van der Waals surface area contributed by atoms with Gasteiger partial charge in [-0.25, -0.2) is 22.8 Å². The molecule has 31 heavy (non-hydrogen) atoms. The summed E-state index contributed by atoms with van der Waals surface area (Å²) in [5.74, 6) is 1.30. The molecular weight excluding hydrogens is 421 g/mol. The summed E-state index contributed by atoms with van der Waals surface area (Å²) in [6.07, 6.45) is 5.03. The molecule has 0 aliphatic carbocycles. The molecule has 2 aromatic heterocycles. The summed E-state index contributed by atoms with van der Waals surface area (Å²) in [5, 5.41) is 0. The summed E-state index contributed by atoms with van der Waals surface area (Å²) in [6.45, 7) is 1.76. The molecule has 0 amide bonds. The molecule has 0 unspecified atom stereocenters. The smallest absolute Gasteiger partial charge is 0.236 e. The van der Waals surface area contributed by atoms with Gasteiger partial charge in [0.1, 0.15) is 29.5 Å². The maximum Gasteiger partial charge on any atom is 0.236 e. The van der Waals surface area contributed by atoms with Crippen LogP contribution in [0.25, 0.3) is 5.82 Å². The molecule has 0 atom stereocenters. The molecule has 0 aliphatic rings. The number of anilines is 1. The number of aryl methyl sites for hydroxylation is 1. The van der Waals surface area contributed by atoms with Gasteiger partial charge in [0, 0.05) is 24.1 Å². The summed E-state index contributed by atoms with van der Waals surface area (Å²) in [7, 11) is -3.65. The number of hydrogen-bond donors (Lipinski definition) is 1. The number of ether oxygens (including phenoxy) is 1. The zero-order valence-corrected chi connectivity index (χ0v) is 17.3. The third kappa shape index (κ3) is 5.43. The molecule has 0 saturated carbocycles. The molecule has 4 rings (SSSR count). The lowest BCUT2D eigenvalue weighted by molar-refractivity contribution is 0.459. The number of rotatable bonds is 7. The molecule has 1 N–H and O–H groups in total. The van der Waals surface area contributed by atoms with Crippen molar-refractivity contribution >= 4 is 15.7 Å². The molecule has 0 bridgehead atoms. The van der Waals surface area contributed by atoms with Crippen molar-refractivity contribution in [2.24, 2.45) is 0 Å². The monoisotopic (exact) mass is 439 g/mol. The third-order valence-corrected chi connectivity index (χ3v) is 5.45. The highest BCUT2D eigenvalue weighted by atomic mass is 32.2. The van der Waals surface area contributed by atoms with Crippen molar-refractivity contribution in [3.63, 3.8) is 0 Å². The number of halogens is 1. The molecule has 0 saturated heterocycles. The van der Waals surface area contributed by atoms with E-state index in [0.717, 1.165) is 0 Å². The lowest BCUT2D eigenvalue weighted by Gasteiger charge is -2.10. The fourth-order valence-electron chi connectivity index (χ4n) is 2.83. The van der Waals surface area contributed by atoms with Gasteiger partial charge in [-0.05, 0) is 48.9 Å². The van der Waals surface area contributed by atoms with Crippen LogP contribution in [-0.4, -0.2) is 27.9 Å². The number of aromatic nitrogens is 4. The Morgan fingerprint density at radius 1 is 1.06 bits per heavy atom. The molecule has 8 nitrogen and oxygen atoms in total. The zero-order chi connectivity index (χ0) is 21.8. The topological polar surface area (TPSA) is 99.0 Å². The highest BCUT2D eigenvalue weighted by Crippen LogP contribution is 2.24. The number of sulfonamides is 1. The quantitative estimate of drug-likeness (QED) is 0.470. The molecule has 2 aromatic carbocycles. The Kier molecular flexibility index (Phi) is 5.63. The van der Waals surface area contributed by atoms with Crippen LogP contribution in [0.4, 0.5) is 10.1 Å². The second-order valence-electron chi connectivity index (χ2n) is 6.70. The Bertz CT molecular complexity index is 1280. The summed E-state index contributed by atoms with van der Waals surface area (Å²) in [4.78, 5) is 12.6. The summed E-state index contributed by atoms with van der Waals surface area (Å²) in [5.41, 5.74) is 0.870. The van der Waals surface area contributed by atoms with Crippen molar-refractivity contribution in [2.45, 2.75) is 12.7 Å². The maximum atomic E-state index is 13.0. The number of hydrogen-bond acceptors (Lipinski definition) is 6. The minimum Gasteiger partial charge on any atom is -0.439 e. The van der Waals surface area contributed by atoms with Gasteiger partial charge < -0.3 is 4.74 Å². The second-order valence-corrected chi connectivity index (χ2v) is 8.42. The Morgan fingerprint density at radius 2 is 1.81 bits per heavy atom. The van der Waals surface area contributed by atoms with Crippen LogP contribution in [0.3, 0.4) is 0 Å². The Balaban J connectivity index is 1.44. The summed E-state index contributed by atoms with van der Waals surface area (Å²) < 4.78 is 47.7. The van der Waals surface area contributed by atoms with E-state index in [0.29, 0.717) is 34.5 Å². The maximum absolute atomic E-state index is 13.0. The van der Waals surface area contributed by atoms with Crippen molar-refractivity contribution in [2.75, 3.05) is 4.72 Å². The molecule has 0 fully saturated rings. The Hall–Kier alpha value is -3.79. The number of imidazole rings is 1. The van der Waals surface area contributed by atoms with E-state index < -0.39 is 15.8 Å². The van der Waals surface area contributed by atoms with Crippen LogP contribution in [0.15, 0.2) is 73.3 Å². The third-order valence-electron chi connectivity index (χ3n) is 4.19. The molecule has 2 heterocycles. The fourth-order valence-corrected chi connectivity index (χ4v) is 4.03. The predicted octanol–water partition coefficient (Wildman–Crippen LogP) is 3.84. The number of benzene rings is 2. The van der Waals surface area contributed by atoms with Crippen LogP contribution in [-0.2, 0) is 15.8 Å². The van der Waals surface area contributed by atoms with Gasteiger partial charge in [0.05, 0.1) is 5.75 Å². The van der Waals surface area contributed by atoms with Crippen LogP contribution < -0.4 is 9.46 Å². The van der Waals surface area contributed by atoms with Crippen LogP contribution in [0, 0.1) is 12.7 Å². The van der Waals surface area contributed by atoms with Gasteiger partial charge in [0.25, 0.3) is 0 Å². The van der Waals surface area contributed by atoms with E-state index in [4.69, 9.17) is 4.74 Å². The van der Waals surface area contributed by atoms with Gasteiger partial charge in [-0.1, -0.05) is 12.1 Å². The first-order valence-corrected chi connectivity index (χ1v) is 10.9. The summed E-state index contributed by atoms with van der Waals surface area (Å²) in [6, 6.07) is 13.4. The Morgan fingerprint density at radius 3 is 2.48 bits per heavy atom. The van der Waals surface area contributed by atoms with Crippen LogP contribution in [0.1, 0.15) is 11.4 Å². The zero-order valence-electron chi connectivity index (χ0n) is 16.4. The lowest BCUT2D eigenvalue weighted by Crippen LogP contribution is -2.15. The van der Waals surface area contributed by atoms with Gasteiger partial charge in [0.2, 0.25) is 15.9 Å². The fraction of sp³-hybridized carbons (Fsp3) is 0.0952. The molecule has 158 valence electrons. The Labute approximate surface area is 178 Å². The van der Waals surface area contributed by atoms with E-state index in [1.165, 1.54) is 24.3 Å². The van der Waals surface area contributed by atoms with Gasteiger partial charge in [0.15, 0.2) is 0 Å². The van der Waals surface area contributed by atoms with E-state index >= 15 is 0 Å². The summed E-state index contributed by atoms with van der Waals surface area (Å²) >= 11 is 0. The van der Waals surface area contributed by atoms with Crippen LogP contribution in [0.5, 0.6) is 11.6 Å². The van der Waals surface area contributed by atoms with Gasteiger partial charge in [-0.15, -0.1) is 0 Å². The highest BCUT2D eigenvalue weighted by molar-refractivity contribution is 7.91. The van der Waals surface area contributed by atoms with E-state index in [2.05, 4.69) is 19.7 Å². The first kappa shape index (κ1) is 20.5. The van der Waals surface area contributed by atoms with E-state index in [1.807, 2.05) is 0 Å². The van der Waals surface area contributed by atoms with Crippen molar-refractivity contribution in [1.29, 1.82) is 0 Å². The SMILES string of the molecule is Cc1nc(Oc2ccc(NS(=O)(=O)Cc3ccc(F)cc3)cc2)cc(-n2ccnc2)n1. The molecule has 4 aromatic rings. The molecular formula is C21H18FN5O3S. The highest BCUT2D eigenvalue weighted by Gasteiger charge is 2.12. The van der Waals surface area contributed by atoms with Crippen LogP contribution in [0.2, 0.25) is 0 Å². The molecule has 0 radical (unpaired) electrons. The number of nitrogens with zero attached hydrogens (tertiary/aromatic N) is 4. The lowest BCUT2D eigenvalue weighted by atomic mass is 10.2. The average molecular weight is 439 g/mol. The predicted molar refractivity (Wildman–Crippen MR) is 113 cm³/mol. The van der Waals surface area contributed by atoms with Crippen molar-refractivity contribution in [3.05, 3.63) is 90.5 Å². The van der Waals surface area contributed by atoms with E-state index in [-0.39, 0.29) is 5.75 Å². The largest absolute Gasteiger partial charge is 0.439 e. The minimum absolute atomic E-state index is 0.261. The molecule has 0 aliphatic heterocycles. The first-order valence-electron chi connectivity index (χ1n) is 9.23. The number of nitrogens with one attached hydrogen (secondary N) is 1. The second kappa shape index (κ2) is 8.52. The van der Waals surface area contributed by atoms with E-state index in [1.54, 1.807) is 60.5 Å². The van der Waals surface area contributed by atoms with Gasteiger partial charge in [-0.3, -0.25) is 9.29 Å². The van der Waals surface area contributed by atoms with Gasteiger partial charge >= 0.3 is 0 Å². The van der Waals surface area contributed by atoms with Gasteiger partial charge in [-0.2, -0.15) is 4.98 Å². The van der Waals surface area contributed by atoms with Crippen molar-refractivity contribution < 1.29 is 17.5 Å². The normalized spacial score (nSPS) is 11.3. The molecule has 0 spiro atoms. The first-order chi connectivity index (χ1) is 14.9. The van der Waals surface area contributed by atoms with Crippen molar-refractivity contribution in [3.8, 4) is 17.4 Å². The average Bonchev–Trinajstić information content (AvgIpc) is 3.25. The van der Waals surface area contributed by atoms with Crippen LogP contribution >= 0.6 is 0 Å². The standard InChI is InChI=1S/C21H18FN5O3S/c1-15-24-20(27-11-10-23-14-27)12-21(25-15)30-19-8-6-18(7-9-19)26-31(28,29)13-16-2-4-17(22)5-3-16/h2-12,14,26H,13H2,1H3.